The van der Waals surface area contributed by atoms with E-state index in [4.69, 9.17) is 10.8 Å². The number of carbonyl (C=O) groups excluding carboxylic acids is 1. The SMILES string of the molecule is CC1(C(=O)O)CC(C(N)=O)C(C)(C)C1. The molecule has 0 bridgehead atoms. The monoisotopic (exact) mass is 199 g/mol. The van der Waals surface area contributed by atoms with E-state index < -0.39 is 11.4 Å². The molecule has 1 rings (SSSR count). The molecule has 80 valence electrons. The first-order valence-electron chi connectivity index (χ1n) is 4.72. The van der Waals surface area contributed by atoms with Crippen LogP contribution in [0.5, 0.6) is 0 Å². The normalized spacial score (nSPS) is 35.5. The number of amides is 1. The van der Waals surface area contributed by atoms with E-state index in [1.807, 2.05) is 13.8 Å². The molecule has 1 aliphatic rings. The van der Waals surface area contributed by atoms with E-state index in [1.165, 1.54) is 0 Å². The van der Waals surface area contributed by atoms with Gasteiger partial charge in [0.15, 0.2) is 0 Å². The lowest BCUT2D eigenvalue weighted by Gasteiger charge is -2.24. The molecule has 3 N–H and O–H groups in total. The van der Waals surface area contributed by atoms with Crippen molar-refractivity contribution in [1.29, 1.82) is 0 Å². The summed E-state index contributed by atoms with van der Waals surface area (Å²) in [6, 6.07) is 0. The van der Waals surface area contributed by atoms with Crippen molar-refractivity contribution < 1.29 is 14.7 Å². The third-order valence-electron chi connectivity index (χ3n) is 3.30. The zero-order chi connectivity index (χ0) is 11.1. The quantitative estimate of drug-likeness (QED) is 0.696. The van der Waals surface area contributed by atoms with Crippen molar-refractivity contribution in [2.24, 2.45) is 22.5 Å². The molecule has 1 fully saturated rings. The van der Waals surface area contributed by atoms with E-state index in [0.717, 1.165) is 0 Å². The molecule has 0 radical (unpaired) electrons. The Hall–Kier alpha value is -1.06. The van der Waals surface area contributed by atoms with Crippen LogP contribution in [0.1, 0.15) is 33.6 Å². The maximum Gasteiger partial charge on any atom is 0.309 e. The number of primary amides is 1. The summed E-state index contributed by atoms with van der Waals surface area (Å²) in [5.41, 5.74) is 4.15. The number of rotatable bonds is 2. The highest BCUT2D eigenvalue weighted by Crippen LogP contribution is 2.52. The summed E-state index contributed by atoms with van der Waals surface area (Å²) in [5, 5.41) is 9.05. The number of nitrogens with two attached hydrogens (primary N) is 1. The fourth-order valence-electron chi connectivity index (χ4n) is 2.58. The average molecular weight is 199 g/mol. The number of aliphatic carboxylic acids is 1. The molecule has 2 unspecified atom stereocenters. The van der Waals surface area contributed by atoms with E-state index >= 15 is 0 Å². The Morgan fingerprint density at radius 1 is 1.36 bits per heavy atom. The molecule has 0 spiro atoms. The molecular weight excluding hydrogens is 182 g/mol. The molecule has 1 aliphatic carbocycles. The zero-order valence-electron chi connectivity index (χ0n) is 8.83. The Morgan fingerprint density at radius 2 is 1.86 bits per heavy atom. The molecule has 0 aromatic rings. The van der Waals surface area contributed by atoms with E-state index in [9.17, 15) is 9.59 Å². The van der Waals surface area contributed by atoms with Gasteiger partial charge in [-0.3, -0.25) is 9.59 Å². The van der Waals surface area contributed by atoms with Crippen LogP contribution >= 0.6 is 0 Å². The largest absolute Gasteiger partial charge is 0.481 e. The summed E-state index contributed by atoms with van der Waals surface area (Å²) in [6.45, 7) is 5.48. The van der Waals surface area contributed by atoms with Gasteiger partial charge in [-0.05, 0) is 25.2 Å². The molecule has 2 atom stereocenters. The minimum atomic E-state index is -0.839. The summed E-state index contributed by atoms with van der Waals surface area (Å²) in [5.74, 6) is -1.56. The standard InChI is InChI=1S/C10H17NO3/c1-9(2)5-10(3,8(13)14)4-6(9)7(11)12/h6H,4-5H2,1-3H3,(H2,11,12)(H,13,14). The Morgan fingerprint density at radius 3 is 2.07 bits per heavy atom. The third kappa shape index (κ3) is 1.61. The third-order valence-corrected chi connectivity index (χ3v) is 3.30. The van der Waals surface area contributed by atoms with Crippen LogP contribution in [0.3, 0.4) is 0 Å². The number of carboxylic acid groups (broad SMARTS) is 1. The highest BCUT2D eigenvalue weighted by molar-refractivity contribution is 5.81. The first-order chi connectivity index (χ1) is 6.19. The van der Waals surface area contributed by atoms with Crippen LogP contribution in [0.4, 0.5) is 0 Å². The molecule has 0 aromatic heterocycles. The van der Waals surface area contributed by atoms with Gasteiger partial charge in [-0.15, -0.1) is 0 Å². The number of carboxylic acids is 1. The Kier molecular flexibility index (Phi) is 2.34. The van der Waals surface area contributed by atoms with Crippen LogP contribution in [0.2, 0.25) is 0 Å². The zero-order valence-corrected chi connectivity index (χ0v) is 8.83. The number of hydrogen-bond acceptors (Lipinski definition) is 2. The molecule has 0 aliphatic heterocycles. The van der Waals surface area contributed by atoms with Crippen molar-refractivity contribution in [1.82, 2.24) is 0 Å². The van der Waals surface area contributed by atoms with Crippen LogP contribution in [0, 0.1) is 16.7 Å². The average Bonchev–Trinajstić information content (AvgIpc) is 2.22. The van der Waals surface area contributed by atoms with E-state index in [2.05, 4.69) is 0 Å². The van der Waals surface area contributed by atoms with Crippen LogP contribution in [0.25, 0.3) is 0 Å². The second kappa shape index (κ2) is 2.97. The minimum absolute atomic E-state index is 0.307. The van der Waals surface area contributed by atoms with E-state index in [0.29, 0.717) is 12.8 Å². The molecule has 0 aromatic carbocycles. The Bertz CT molecular complexity index is 285. The lowest BCUT2D eigenvalue weighted by molar-refractivity contribution is -0.148. The molecule has 14 heavy (non-hydrogen) atoms. The second-order valence-electron chi connectivity index (χ2n) is 5.19. The predicted octanol–water partition coefficient (Wildman–Crippen LogP) is 0.999. The van der Waals surface area contributed by atoms with E-state index in [1.54, 1.807) is 6.92 Å². The molecule has 4 heteroatoms. The van der Waals surface area contributed by atoms with Gasteiger partial charge in [-0.1, -0.05) is 13.8 Å². The van der Waals surface area contributed by atoms with Gasteiger partial charge in [-0.2, -0.15) is 0 Å². The fraction of sp³-hybridized carbons (Fsp3) is 0.800. The van der Waals surface area contributed by atoms with Crippen LogP contribution in [-0.4, -0.2) is 17.0 Å². The smallest absolute Gasteiger partial charge is 0.309 e. The minimum Gasteiger partial charge on any atom is -0.481 e. The molecule has 0 saturated heterocycles. The van der Waals surface area contributed by atoms with Gasteiger partial charge in [0.05, 0.1) is 5.41 Å². The predicted molar refractivity (Wildman–Crippen MR) is 51.4 cm³/mol. The first-order valence-corrected chi connectivity index (χ1v) is 4.72. The van der Waals surface area contributed by atoms with Crippen molar-refractivity contribution in [3.63, 3.8) is 0 Å². The van der Waals surface area contributed by atoms with Crippen molar-refractivity contribution in [2.45, 2.75) is 33.6 Å². The maximum atomic E-state index is 11.2. The second-order valence-corrected chi connectivity index (χ2v) is 5.19. The summed E-state index contributed by atoms with van der Waals surface area (Å²) in [4.78, 5) is 22.2. The highest BCUT2D eigenvalue weighted by Gasteiger charge is 2.53. The molecular formula is C10H17NO3. The summed E-state index contributed by atoms with van der Waals surface area (Å²) >= 11 is 0. The maximum absolute atomic E-state index is 11.2. The molecule has 1 saturated carbocycles. The lowest BCUT2D eigenvalue weighted by Crippen LogP contribution is -2.31. The van der Waals surface area contributed by atoms with Crippen molar-refractivity contribution in [3.8, 4) is 0 Å². The van der Waals surface area contributed by atoms with E-state index in [-0.39, 0.29) is 17.2 Å². The van der Waals surface area contributed by atoms with Gasteiger partial charge in [0, 0.05) is 5.92 Å². The van der Waals surface area contributed by atoms with Crippen molar-refractivity contribution in [3.05, 3.63) is 0 Å². The Labute approximate surface area is 83.5 Å². The first kappa shape index (κ1) is 11.0. The summed E-state index contributed by atoms with van der Waals surface area (Å²) in [7, 11) is 0. The van der Waals surface area contributed by atoms with Gasteiger partial charge in [-0.25, -0.2) is 0 Å². The van der Waals surface area contributed by atoms with Crippen LogP contribution in [-0.2, 0) is 9.59 Å². The fourth-order valence-corrected chi connectivity index (χ4v) is 2.58. The van der Waals surface area contributed by atoms with Crippen molar-refractivity contribution >= 4 is 11.9 Å². The summed E-state index contributed by atoms with van der Waals surface area (Å²) in [6.07, 6.45) is 0.855. The van der Waals surface area contributed by atoms with Gasteiger partial charge in [0.1, 0.15) is 0 Å². The number of carbonyl (C=O) groups is 2. The van der Waals surface area contributed by atoms with Gasteiger partial charge < -0.3 is 10.8 Å². The van der Waals surface area contributed by atoms with Gasteiger partial charge >= 0.3 is 5.97 Å². The molecule has 1 amide bonds. The van der Waals surface area contributed by atoms with Crippen LogP contribution in [0.15, 0.2) is 0 Å². The molecule has 4 nitrogen and oxygen atoms in total. The number of hydrogen-bond donors (Lipinski definition) is 2. The highest BCUT2D eigenvalue weighted by atomic mass is 16.4. The summed E-state index contributed by atoms with van der Waals surface area (Å²) < 4.78 is 0. The van der Waals surface area contributed by atoms with Crippen LogP contribution < -0.4 is 5.73 Å². The van der Waals surface area contributed by atoms with Gasteiger partial charge in [0.2, 0.25) is 5.91 Å². The topological polar surface area (TPSA) is 80.4 Å². The molecule has 0 heterocycles. The lowest BCUT2D eigenvalue weighted by atomic mass is 9.80. The van der Waals surface area contributed by atoms with Gasteiger partial charge in [0.25, 0.3) is 0 Å². The Balaban J connectivity index is 2.97. The van der Waals surface area contributed by atoms with Crippen molar-refractivity contribution in [2.75, 3.05) is 0 Å².